The van der Waals surface area contributed by atoms with Gasteiger partial charge in [0.2, 0.25) is 0 Å². The molecule has 1 saturated heterocycles. The molecule has 0 aromatic carbocycles. The lowest BCUT2D eigenvalue weighted by Crippen LogP contribution is -2.55. The van der Waals surface area contributed by atoms with Crippen molar-refractivity contribution in [2.45, 2.75) is 56.2 Å². The third-order valence-corrected chi connectivity index (χ3v) is 6.56. The minimum Gasteiger partial charge on any atom is -0.298 e. The lowest BCUT2D eigenvalue weighted by Gasteiger charge is -2.43. The molecule has 0 N–H and O–H groups in total. The summed E-state index contributed by atoms with van der Waals surface area (Å²) in [5, 5.41) is -0.124. The fourth-order valence-corrected chi connectivity index (χ4v) is 5.44. The molecule has 2 unspecified atom stereocenters. The molecule has 0 spiro atoms. The highest BCUT2D eigenvalue weighted by Crippen LogP contribution is 2.32. The van der Waals surface area contributed by atoms with Crippen LogP contribution in [0.15, 0.2) is 0 Å². The fourth-order valence-electron chi connectivity index (χ4n) is 3.34. The van der Waals surface area contributed by atoms with Crippen LogP contribution in [0.4, 0.5) is 4.39 Å². The van der Waals surface area contributed by atoms with Crippen LogP contribution >= 0.6 is 0 Å². The molecule has 0 bridgehead atoms. The molecule has 0 aromatic heterocycles. The normalized spacial score (nSPS) is 32.1. The average Bonchev–Trinajstić information content (AvgIpc) is 2.37. The van der Waals surface area contributed by atoms with Crippen molar-refractivity contribution in [1.82, 2.24) is 4.90 Å². The monoisotopic (exact) mass is 277 g/mol. The van der Waals surface area contributed by atoms with Crippen molar-refractivity contribution in [1.29, 1.82) is 0 Å². The van der Waals surface area contributed by atoms with Crippen molar-refractivity contribution in [3.63, 3.8) is 0 Å². The van der Waals surface area contributed by atoms with Crippen LogP contribution < -0.4 is 0 Å². The topological polar surface area (TPSA) is 37.4 Å². The Labute approximate surface area is 110 Å². The summed E-state index contributed by atoms with van der Waals surface area (Å²) in [6.45, 7) is 1.39. The van der Waals surface area contributed by atoms with Gasteiger partial charge in [-0.3, -0.25) is 9.29 Å². The number of unbranched alkanes of at least 4 members (excludes halogenated alkanes) is 2. The third-order valence-electron chi connectivity index (χ3n) is 4.34. The zero-order valence-corrected chi connectivity index (χ0v) is 11.8. The summed E-state index contributed by atoms with van der Waals surface area (Å²) in [6, 6.07) is 0.239. The van der Waals surface area contributed by atoms with Crippen LogP contribution in [-0.4, -0.2) is 50.1 Å². The first kappa shape index (κ1) is 14.3. The largest absolute Gasteiger partial charge is 0.298 e. The van der Waals surface area contributed by atoms with Gasteiger partial charge in [-0.2, -0.15) is 0 Å². The molecule has 0 aromatic rings. The maximum atomic E-state index is 12.1. The molecule has 0 radical (unpaired) electrons. The zero-order chi connectivity index (χ0) is 13.0. The molecule has 18 heavy (non-hydrogen) atoms. The van der Waals surface area contributed by atoms with Crippen LogP contribution in [0, 0.1) is 0 Å². The molecule has 2 aliphatic rings. The van der Waals surface area contributed by atoms with Crippen LogP contribution in [0.3, 0.4) is 0 Å². The summed E-state index contributed by atoms with van der Waals surface area (Å²) in [7, 11) is -2.85. The highest BCUT2D eigenvalue weighted by molar-refractivity contribution is 7.92. The highest BCUT2D eigenvalue weighted by atomic mass is 32.2. The van der Waals surface area contributed by atoms with E-state index in [0.29, 0.717) is 18.7 Å². The molecule has 2 rings (SSSR count). The lowest BCUT2D eigenvalue weighted by atomic mass is 9.93. The van der Waals surface area contributed by atoms with Gasteiger partial charge >= 0.3 is 0 Å². The minimum absolute atomic E-state index is 0.124. The molecule has 0 amide bonds. The second-order valence-electron chi connectivity index (χ2n) is 5.54. The Bertz CT molecular complexity index is 358. The molecule has 3 nitrogen and oxygen atoms in total. The van der Waals surface area contributed by atoms with Gasteiger partial charge in [-0.15, -0.1) is 0 Å². The van der Waals surface area contributed by atoms with Gasteiger partial charge in [0.05, 0.1) is 17.7 Å². The zero-order valence-electron chi connectivity index (χ0n) is 11.0. The molecule has 2 fully saturated rings. The predicted octanol–water partition coefficient (Wildman–Crippen LogP) is 2.17. The van der Waals surface area contributed by atoms with Crippen LogP contribution in [0.5, 0.6) is 0 Å². The number of halogens is 1. The van der Waals surface area contributed by atoms with Gasteiger partial charge in [-0.1, -0.05) is 12.8 Å². The van der Waals surface area contributed by atoms with E-state index in [-0.39, 0.29) is 18.0 Å². The fraction of sp³-hybridized carbons (Fsp3) is 1.00. The van der Waals surface area contributed by atoms with Gasteiger partial charge < -0.3 is 0 Å². The molecule has 106 valence electrons. The van der Waals surface area contributed by atoms with Crippen molar-refractivity contribution in [3.05, 3.63) is 0 Å². The smallest absolute Gasteiger partial charge is 0.155 e. The van der Waals surface area contributed by atoms with E-state index < -0.39 is 9.84 Å². The van der Waals surface area contributed by atoms with E-state index in [1.54, 1.807) is 0 Å². The number of fused-ring (bicyclic) bond motifs is 1. The van der Waals surface area contributed by atoms with Gasteiger partial charge in [0.15, 0.2) is 9.84 Å². The van der Waals surface area contributed by atoms with Crippen molar-refractivity contribution >= 4 is 9.84 Å². The van der Waals surface area contributed by atoms with E-state index in [4.69, 9.17) is 0 Å². The van der Waals surface area contributed by atoms with E-state index in [9.17, 15) is 12.8 Å². The lowest BCUT2D eigenvalue weighted by molar-refractivity contribution is 0.153. The molecule has 2 atom stereocenters. The third kappa shape index (κ3) is 3.23. The van der Waals surface area contributed by atoms with Crippen LogP contribution in [-0.2, 0) is 9.84 Å². The average molecular weight is 277 g/mol. The number of alkyl halides is 1. The maximum Gasteiger partial charge on any atom is 0.155 e. The minimum atomic E-state index is -2.85. The number of hydrogen-bond donors (Lipinski definition) is 0. The second kappa shape index (κ2) is 6.33. The summed E-state index contributed by atoms with van der Waals surface area (Å²) in [4.78, 5) is 2.35. The first-order valence-electron chi connectivity index (χ1n) is 7.17. The quantitative estimate of drug-likeness (QED) is 0.723. The Kier molecular flexibility index (Phi) is 5.01. The summed E-state index contributed by atoms with van der Waals surface area (Å²) in [5.74, 6) is 0.317. The Balaban J connectivity index is 1.92. The predicted molar refractivity (Wildman–Crippen MR) is 71.2 cm³/mol. The SMILES string of the molecule is O=S1(=O)CCN(CCCCCF)C2CCCCC21. The van der Waals surface area contributed by atoms with E-state index in [2.05, 4.69) is 4.90 Å². The Morgan fingerprint density at radius 3 is 2.67 bits per heavy atom. The van der Waals surface area contributed by atoms with Crippen LogP contribution in [0.25, 0.3) is 0 Å². The molecule has 1 heterocycles. The molecule has 1 aliphatic carbocycles. The second-order valence-corrected chi connectivity index (χ2v) is 7.88. The summed E-state index contributed by atoms with van der Waals surface area (Å²) >= 11 is 0. The van der Waals surface area contributed by atoms with Gasteiger partial charge in [0, 0.05) is 12.6 Å². The van der Waals surface area contributed by atoms with Gasteiger partial charge in [-0.05, 0) is 38.6 Å². The van der Waals surface area contributed by atoms with Crippen molar-refractivity contribution in [3.8, 4) is 0 Å². The van der Waals surface area contributed by atoms with Crippen LogP contribution in [0.1, 0.15) is 44.9 Å². The number of rotatable bonds is 5. The first-order valence-corrected chi connectivity index (χ1v) is 8.88. The van der Waals surface area contributed by atoms with Crippen LogP contribution in [0.2, 0.25) is 0 Å². The Hall–Kier alpha value is -0.160. The Morgan fingerprint density at radius 2 is 1.89 bits per heavy atom. The van der Waals surface area contributed by atoms with Gasteiger partial charge in [-0.25, -0.2) is 8.42 Å². The number of sulfone groups is 1. The summed E-state index contributed by atoms with van der Waals surface area (Å²) < 4.78 is 36.2. The molecule has 1 aliphatic heterocycles. The Morgan fingerprint density at radius 1 is 1.11 bits per heavy atom. The number of nitrogens with zero attached hydrogens (tertiary/aromatic N) is 1. The van der Waals surface area contributed by atoms with Gasteiger partial charge in [0.25, 0.3) is 0 Å². The van der Waals surface area contributed by atoms with Crippen molar-refractivity contribution < 1.29 is 12.8 Å². The van der Waals surface area contributed by atoms with Gasteiger partial charge in [0.1, 0.15) is 0 Å². The summed E-state index contributed by atoms with van der Waals surface area (Å²) in [6.07, 6.45) is 6.61. The van der Waals surface area contributed by atoms with E-state index in [0.717, 1.165) is 45.1 Å². The van der Waals surface area contributed by atoms with E-state index >= 15 is 0 Å². The highest BCUT2D eigenvalue weighted by Gasteiger charge is 2.42. The first-order chi connectivity index (χ1) is 8.65. The molecule has 1 saturated carbocycles. The molecular weight excluding hydrogens is 253 g/mol. The molecule has 5 heteroatoms. The standard InChI is InChI=1S/C13H24FNO2S/c14-8-4-1-5-9-15-10-11-18(16,17)13-7-3-2-6-12(13)15/h12-13H,1-11H2. The van der Waals surface area contributed by atoms with E-state index in [1.165, 1.54) is 0 Å². The van der Waals surface area contributed by atoms with E-state index in [1.807, 2.05) is 0 Å². The maximum absolute atomic E-state index is 12.1. The number of hydrogen-bond acceptors (Lipinski definition) is 3. The summed E-state index contributed by atoms with van der Waals surface area (Å²) in [5.41, 5.74) is 0. The molecular formula is C13H24FNO2S. The van der Waals surface area contributed by atoms with Crippen molar-refractivity contribution in [2.75, 3.05) is 25.5 Å². The van der Waals surface area contributed by atoms with Crippen molar-refractivity contribution in [2.24, 2.45) is 0 Å².